The SMILES string of the molecule is NC(=O)c1cccc(N=Cc2c[nH]c3ccccc23)c1. The highest BCUT2D eigenvalue weighted by atomic mass is 16.1. The average Bonchev–Trinajstić information content (AvgIpc) is 2.89. The molecule has 3 rings (SSSR count). The summed E-state index contributed by atoms with van der Waals surface area (Å²) in [6.07, 6.45) is 3.69. The molecule has 0 radical (unpaired) electrons. The molecule has 3 N–H and O–H groups in total. The number of nitrogens with one attached hydrogen (secondary N) is 1. The number of H-pyrrole nitrogens is 1. The quantitative estimate of drug-likeness (QED) is 0.700. The minimum Gasteiger partial charge on any atom is -0.366 e. The number of para-hydroxylation sites is 1. The largest absolute Gasteiger partial charge is 0.366 e. The van der Waals surface area contributed by atoms with E-state index in [1.165, 1.54) is 0 Å². The third-order valence-corrected chi connectivity index (χ3v) is 3.10. The van der Waals surface area contributed by atoms with E-state index in [1.54, 1.807) is 24.4 Å². The smallest absolute Gasteiger partial charge is 0.248 e. The van der Waals surface area contributed by atoms with E-state index in [-0.39, 0.29) is 0 Å². The van der Waals surface area contributed by atoms with Crippen molar-refractivity contribution in [1.29, 1.82) is 0 Å². The number of aliphatic imine (C=N–C) groups is 1. The van der Waals surface area contributed by atoms with Gasteiger partial charge in [0.25, 0.3) is 0 Å². The molecule has 0 aliphatic carbocycles. The van der Waals surface area contributed by atoms with Gasteiger partial charge in [-0.3, -0.25) is 9.79 Å². The molecule has 2 aromatic carbocycles. The maximum Gasteiger partial charge on any atom is 0.248 e. The Bertz CT molecular complexity index is 802. The number of fused-ring (bicyclic) bond motifs is 1. The van der Waals surface area contributed by atoms with Crippen molar-refractivity contribution in [3.63, 3.8) is 0 Å². The second kappa shape index (κ2) is 5.01. The van der Waals surface area contributed by atoms with Crippen LogP contribution in [0.4, 0.5) is 5.69 Å². The van der Waals surface area contributed by atoms with E-state index >= 15 is 0 Å². The summed E-state index contributed by atoms with van der Waals surface area (Å²) in [6.45, 7) is 0. The van der Waals surface area contributed by atoms with Crippen LogP contribution in [0.3, 0.4) is 0 Å². The molecule has 0 bridgehead atoms. The molecule has 1 heterocycles. The standard InChI is InChI=1S/C16H13N3O/c17-16(20)11-4-3-5-13(8-11)18-9-12-10-19-15-7-2-1-6-14(12)15/h1-10,19H,(H2,17,20). The summed E-state index contributed by atoms with van der Waals surface area (Å²) in [7, 11) is 0. The summed E-state index contributed by atoms with van der Waals surface area (Å²) in [5.41, 5.74) is 8.48. The van der Waals surface area contributed by atoms with Crippen molar-refractivity contribution in [3.8, 4) is 0 Å². The highest BCUT2D eigenvalue weighted by Crippen LogP contribution is 2.18. The first-order chi connectivity index (χ1) is 9.74. The third kappa shape index (κ3) is 2.31. The van der Waals surface area contributed by atoms with Crippen molar-refractivity contribution in [2.24, 2.45) is 10.7 Å². The van der Waals surface area contributed by atoms with E-state index in [0.29, 0.717) is 11.3 Å². The predicted molar refractivity (Wildman–Crippen MR) is 80.5 cm³/mol. The van der Waals surface area contributed by atoms with Crippen molar-refractivity contribution in [1.82, 2.24) is 4.98 Å². The number of nitrogens with zero attached hydrogens (tertiary/aromatic N) is 1. The summed E-state index contributed by atoms with van der Waals surface area (Å²) in [6, 6.07) is 15.0. The second-order valence-electron chi connectivity index (χ2n) is 4.46. The zero-order valence-electron chi connectivity index (χ0n) is 10.7. The van der Waals surface area contributed by atoms with Crippen LogP contribution < -0.4 is 5.73 Å². The van der Waals surface area contributed by atoms with Crippen LogP contribution in [0.15, 0.2) is 59.7 Å². The number of hydrogen-bond donors (Lipinski definition) is 2. The molecule has 20 heavy (non-hydrogen) atoms. The van der Waals surface area contributed by atoms with Gasteiger partial charge in [0.15, 0.2) is 0 Å². The number of aromatic nitrogens is 1. The Morgan fingerprint density at radius 3 is 2.85 bits per heavy atom. The van der Waals surface area contributed by atoms with Crippen molar-refractivity contribution in [2.75, 3.05) is 0 Å². The van der Waals surface area contributed by atoms with Gasteiger partial charge in [-0.1, -0.05) is 24.3 Å². The van der Waals surface area contributed by atoms with E-state index in [2.05, 4.69) is 9.98 Å². The molecule has 0 atom stereocenters. The molecular formula is C16H13N3O. The Kier molecular flexibility index (Phi) is 3.05. The van der Waals surface area contributed by atoms with Gasteiger partial charge >= 0.3 is 0 Å². The number of rotatable bonds is 3. The van der Waals surface area contributed by atoms with Crippen molar-refractivity contribution >= 4 is 28.7 Å². The fraction of sp³-hybridized carbons (Fsp3) is 0. The number of amides is 1. The van der Waals surface area contributed by atoms with Gasteiger partial charge in [-0.25, -0.2) is 0 Å². The fourth-order valence-electron chi connectivity index (χ4n) is 2.08. The average molecular weight is 263 g/mol. The lowest BCUT2D eigenvalue weighted by Gasteiger charge is -1.97. The topological polar surface area (TPSA) is 71.2 Å². The van der Waals surface area contributed by atoms with Crippen LogP contribution in [0, 0.1) is 0 Å². The van der Waals surface area contributed by atoms with Gasteiger partial charge in [0.05, 0.1) is 5.69 Å². The molecule has 0 saturated heterocycles. The fourth-order valence-corrected chi connectivity index (χ4v) is 2.08. The lowest BCUT2D eigenvalue weighted by Crippen LogP contribution is -2.10. The van der Waals surface area contributed by atoms with Crippen LogP contribution in [-0.4, -0.2) is 17.1 Å². The van der Waals surface area contributed by atoms with E-state index < -0.39 is 5.91 Å². The zero-order chi connectivity index (χ0) is 13.9. The molecule has 0 aliphatic heterocycles. The summed E-state index contributed by atoms with van der Waals surface area (Å²) in [5, 5.41) is 1.11. The first kappa shape index (κ1) is 12.2. The summed E-state index contributed by atoms with van der Waals surface area (Å²) in [5.74, 6) is -0.450. The Morgan fingerprint density at radius 2 is 2.00 bits per heavy atom. The summed E-state index contributed by atoms with van der Waals surface area (Å²) in [4.78, 5) is 18.7. The molecule has 98 valence electrons. The van der Waals surface area contributed by atoms with Crippen LogP contribution >= 0.6 is 0 Å². The molecule has 4 heteroatoms. The number of benzene rings is 2. The maximum atomic E-state index is 11.1. The molecule has 3 aromatic rings. The van der Waals surface area contributed by atoms with Crippen LogP contribution in [-0.2, 0) is 0 Å². The monoisotopic (exact) mass is 263 g/mol. The molecule has 0 unspecified atom stereocenters. The molecule has 0 saturated carbocycles. The normalized spacial score (nSPS) is 11.2. The van der Waals surface area contributed by atoms with Crippen molar-refractivity contribution < 1.29 is 4.79 Å². The van der Waals surface area contributed by atoms with Crippen LogP contribution in [0.2, 0.25) is 0 Å². The number of nitrogens with two attached hydrogens (primary N) is 1. The van der Waals surface area contributed by atoms with Gasteiger partial charge < -0.3 is 10.7 Å². The summed E-state index contributed by atoms with van der Waals surface area (Å²) < 4.78 is 0. The van der Waals surface area contributed by atoms with Gasteiger partial charge in [-0.2, -0.15) is 0 Å². The van der Waals surface area contributed by atoms with Gasteiger partial charge in [0.1, 0.15) is 0 Å². The van der Waals surface area contributed by atoms with Crippen molar-refractivity contribution in [2.45, 2.75) is 0 Å². The highest BCUT2D eigenvalue weighted by Gasteiger charge is 2.01. The predicted octanol–water partition coefficient (Wildman–Crippen LogP) is 3.02. The summed E-state index contributed by atoms with van der Waals surface area (Å²) >= 11 is 0. The maximum absolute atomic E-state index is 11.1. The van der Waals surface area contributed by atoms with Crippen molar-refractivity contribution in [3.05, 3.63) is 65.9 Å². The molecule has 1 amide bonds. The minimum absolute atomic E-state index is 0.450. The van der Waals surface area contributed by atoms with Crippen LogP contribution in [0.1, 0.15) is 15.9 Å². The Morgan fingerprint density at radius 1 is 1.15 bits per heavy atom. The lowest BCUT2D eigenvalue weighted by molar-refractivity contribution is 0.100. The van der Waals surface area contributed by atoms with Gasteiger partial charge in [0.2, 0.25) is 5.91 Å². The first-order valence-corrected chi connectivity index (χ1v) is 6.24. The minimum atomic E-state index is -0.450. The number of carbonyl (C=O) groups excluding carboxylic acids is 1. The van der Waals surface area contributed by atoms with E-state index in [4.69, 9.17) is 5.73 Å². The molecule has 0 fully saturated rings. The van der Waals surface area contributed by atoms with Gasteiger partial charge in [-0.05, 0) is 24.3 Å². The Hall–Kier alpha value is -2.88. The highest BCUT2D eigenvalue weighted by molar-refractivity contribution is 6.00. The lowest BCUT2D eigenvalue weighted by atomic mass is 10.2. The van der Waals surface area contributed by atoms with Crippen LogP contribution in [0.25, 0.3) is 10.9 Å². The number of carbonyl (C=O) groups is 1. The Labute approximate surface area is 116 Å². The molecule has 0 spiro atoms. The van der Waals surface area contributed by atoms with E-state index in [1.807, 2.05) is 36.5 Å². The Balaban J connectivity index is 1.94. The second-order valence-corrected chi connectivity index (χ2v) is 4.46. The number of aromatic amines is 1. The van der Waals surface area contributed by atoms with Gasteiger partial charge in [-0.15, -0.1) is 0 Å². The third-order valence-electron chi connectivity index (χ3n) is 3.10. The number of hydrogen-bond acceptors (Lipinski definition) is 2. The molecule has 0 aliphatic rings. The zero-order valence-corrected chi connectivity index (χ0v) is 10.7. The van der Waals surface area contributed by atoms with Crippen LogP contribution in [0.5, 0.6) is 0 Å². The van der Waals surface area contributed by atoms with E-state index in [9.17, 15) is 4.79 Å². The van der Waals surface area contributed by atoms with Gasteiger partial charge in [0, 0.05) is 34.4 Å². The molecule has 4 nitrogen and oxygen atoms in total. The molecular weight excluding hydrogens is 250 g/mol. The first-order valence-electron chi connectivity index (χ1n) is 6.24. The molecule has 1 aromatic heterocycles. The van der Waals surface area contributed by atoms with E-state index in [0.717, 1.165) is 16.5 Å². The number of primary amides is 1.